The molecule has 0 aliphatic heterocycles. The first-order valence-corrected chi connectivity index (χ1v) is 11.1. The summed E-state index contributed by atoms with van der Waals surface area (Å²) in [5, 5.41) is 2.82. The van der Waals surface area contributed by atoms with Gasteiger partial charge in [-0.1, -0.05) is 127 Å². The molecule has 26 heavy (non-hydrogen) atoms. The third kappa shape index (κ3) is 7.14. The number of unbranched alkanes of at least 4 members (excludes halogenated alkanes) is 9. The Hall–Kier alpha value is -1.30. The zero-order valence-corrected chi connectivity index (χ0v) is 17.0. The molecule has 0 amide bonds. The van der Waals surface area contributed by atoms with Gasteiger partial charge in [-0.05, 0) is 35.1 Å². The van der Waals surface area contributed by atoms with Gasteiger partial charge in [0.15, 0.2) is 0 Å². The van der Waals surface area contributed by atoms with Gasteiger partial charge in [-0.2, -0.15) is 0 Å². The van der Waals surface area contributed by atoms with E-state index in [9.17, 15) is 0 Å². The minimum absolute atomic E-state index is 0.674. The number of hydrogen-bond donors (Lipinski definition) is 0. The summed E-state index contributed by atoms with van der Waals surface area (Å²) in [5.41, 5.74) is 1.54. The van der Waals surface area contributed by atoms with Crippen molar-refractivity contribution in [1.29, 1.82) is 0 Å². The molecule has 1 radical (unpaired) electrons. The highest BCUT2D eigenvalue weighted by Gasteiger charge is 2.13. The van der Waals surface area contributed by atoms with Gasteiger partial charge in [-0.3, -0.25) is 0 Å². The summed E-state index contributed by atoms with van der Waals surface area (Å²) < 4.78 is 0. The number of hydrogen-bond acceptors (Lipinski definition) is 0. The van der Waals surface area contributed by atoms with Crippen LogP contribution in [0.4, 0.5) is 0 Å². The Morgan fingerprint density at radius 3 is 2.00 bits per heavy atom. The van der Waals surface area contributed by atoms with E-state index < -0.39 is 0 Å². The second-order valence-corrected chi connectivity index (χ2v) is 7.88. The SMILES string of the molecule is [CH2]CCC(CCCCCCCCCCCC)c1cccc2ccccc12. The third-order valence-corrected chi connectivity index (χ3v) is 5.72. The monoisotopic (exact) mass is 351 g/mol. The Morgan fingerprint density at radius 2 is 1.31 bits per heavy atom. The van der Waals surface area contributed by atoms with Crippen molar-refractivity contribution in [3.63, 3.8) is 0 Å². The van der Waals surface area contributed by atoms with Gasteiger partial charge in [0.25, 0.3) is 0 Å². The van der Waals surface area contributed by atoms with Gasteiger partial charge < -0.3 is 0 Å². The van der Waals surface area contributed by atoms with E-state index in [1.165, 1.54) is 87.8 Å². The minimum atomic E-state index is 0.674. The van der Waals surface area contributed by atoms with Crippen molar-refractivity contribution in [2.45, 2.75) is 96.3 Å². The summed E-state index contributed by atoms with van der Waals surface area (Å²) in [6.07, 6.45) is 17.7. The fourth-order valence-corrected chi connectivity index (χ4v) is 4.19. The molecule has 2 aromatic carbocycles. The van der Waals surface area contributed by atoms with Gasteiger partial charge >= 0.3 is 0 Å². The van der Waals surface area contributed by atoms with E-state index in [2.05, 4.69) is 56.3 Å². The highest BCUT2D eigenvalue weighted by Crippen LogP contribution is 2.32. The summed E-state index contributed by atoms with van der Waals surface area (Å²) in [6.45, 7) is 6.42. The highest BCUT2D eigenvalue weighted by atomic mass is 14.2. The molecule has 0 aliphatic carbocycles. The Labute approximate surface area is 162 Å². The molecule has 0 saturated heterocycles. The van der Waals surface area contributed by atoms with E-state index in [1.54, 1.807) is 5.56 Å². The van der Waals surface area contributed by atoms with Crippen LogP contribution in [0.5, 0.6) is 0 Å². The van der Waals surface area contributed by atoms with Crippen LogP contribution in [0.1, 0.15) is 102 Å². The average Bonchev–Trinajstić information content (AvgIpc) is 2.68. The topological polar surface area (TPSA) is 0 Å². The van der Waals surface area contributed by atoms with E-state index >= 15 is 0 Å². The van der Waals surface area contributed by atoms with Crippen LogP contribution in [0.25, 0.3) is 10.8 Å². The van der Waals surface area contributed by atoms with Gasteiger partial charge in [0, 0.05) is 0 Å². The molecule has 0 N–H and O–H groups in total. The lowest BCUT2D eigenvalue weighted by Crippen LogP contribution is -2.00. The maximum absolute atomic E-state index is 4.13. The Morgan fingerprint density at radius 1 is 0.692 bits per heavy atom. The van der Waals surface area contributed by atoms with Gasteiger partial charge in [0.2, 0.25) is 0 Å². The molecule has 0 saturated carbocycles. The van der Waals surface area contributed by atoms with Crippen molar-refractivity contribution in [3.05, 3.63) is 55.0 Å². The molecule has 0 fully saturated rings. The average molecular weight is 352 g/mol. The predicted octanol–water partition coefficient (Wildman–Crippen LogP) is 8.85. The van der Waals surface area contributed by atoms with Gasteiger partial charge in [-0.15, -0.1) is 0 Å². The Bertz CT molecular complexity index is 593. The number of fused-ring (bicyclic) bond motifs is 1. The lowest BCUT2D eigenvalue weighted by Gasteiger charge is -2.19. The first kappa shape index (κ1) is 21.0. The zero-order chi connectivity index (χ0) is 18.5. The Balaban J connectivity index is 1.73. The van der Waals surface area contributed by atoms with Crippen LogP contribution in [-0.2, 0) is 0 Å². The van der Waals surface area contributed by atoms with Crippen molar-refractivity contribution in [2.24, 2.45) is 0 Å². The molecule has 1 atom stereocenters. The van der Waals surface area contributed by atoms with Crippen LogP contribution in [0.15, 0.2) is 42.5 Å². The van der Waals surface area contributed by atoms with Crippen LogP contribution >= 0.6 is 0 Å². The molecule has 0 heteroatoms. The van der Waals surface area contributed by atoms with E-state index in [-0.39, 0.29) is 0 Å². The lowest BCUT2D eigenvalue weighted by molar-refractivity contribution is 0.511. The summed E-state index contributed by atoms with van der Waals surface area (Å²) >= 11 is 0. The molecular weight excluding hydrogens is 312 g/mol. The van der Waals surface area contributed by atoms with Gasteiger partial charge in [-0.25, -0.2) is 0 Å². The normalized spacial score (nSPS) is 12.5. The van der Waals surface area contributed by atoms with Crippen molar-refractivity contribution >= 4 is 10.8 Å². The molecular formula is C26H39. The summed E-state index contributed by atoms with van der Waals surface area (Å²) in [7, 11) is 0. The first-order valence-electron chi connectivity index (χ1n) is 11.1. The number of rotatable bonds is 14. The molecule has 1 unspecified atom stereocenters. The molecule has 0 aromatic heterocycles. The third-order valence-electron chi connectivity index (χ3n) is 5.72. The van der Waals surface area contributed by atoms with Gasteiger partial charge in [0.05, 0.1) is 0 Å². The number of benzene rings is 2. The van der Waals surface area contributed by atoms with Crippen LogP contribution in [-0.4, -0.2) is 0 Å². The largest absolute Gasteiger partial charge is 0.0654 e. The van der Waals surface area contributed by atoms with E-state index in [0.717, 1.165) is 6.42 Å². The molecule has 0 spiro atoms. The standard InChI is InChI=1S/C26H39/c1-3-5-6-7-8-9-10-11-12-13-18-23(17-4-2)26-22-16-20-24-19-14-15-21-25(24)26/h14-16,19-23H,2-13,17-18H2,1H3. The molecule has 2 rings (SSSR count). The predicted molar refractivity (Wildman–Crippen MR) is 118 cm³/mol. The molecule has 2 aromatic rings. The van der Waals surface area contributed by atoms with E-state index in [0.29, 0.717) is 5.92 Å². The maximum atomic E-state index is 4.13. The fourth-order valence-electron chi connectivity index (χ4n) is 4.19. The molecule has 0 nitrogen and oxygen atoms in total. The molecule has 0 bridgehead atoms. The zero-order valence-electron chi connectivity index (χ0n) is 17.0. The molecule has 0 aliphatic rings. The summed E-state index contributed by atoms with van der Waals surface area (Å²) in [6, 6.07) is 15.7. The van der Waals surface area contributed by atoms with Crippen molar-refractivity contribution in [2.75, 3.05) is 0 Å². The second-order valence-electron chi connectivity index (χ2n) is 7.88. The quantitative estimate of drug-likeness (QED) is 0.298. The Kier molecular flexibility index (Phi) is 10.5. The first-order chi connectivity index (χ1) is 12.9. The lowest BCUT2D eigenvalue weighted by atomic mass is 9.86. The van der Waals surface area contributed by atoms with Crippen molar-refractivity contribution in [1.82, 2.24) is 0 Å². The maximum Gasteiger partial charge on any atom is -0.0149 e. The fraction of sp³-hybridized carbons (Fsp3) is 0.577. The van der Waals surface area contributed by atoms with E-state index in [4.69, 9.17) is 0 Å². The highest BCUT2D eigenvalue weighted by molar-refractivity contribution is 5.86. The van der Waals surface area contributed by atoms with Gasteiger partial charge in [0.1, 0.15) is 0 Å². The van der Waals surface area contributed by atoms with E-state index in [1.807, 2.05) is 0 Å². The second kappa shape index (κ2) is 13.0. The summed E-state index contributed by atoms with van der Waals surface area (Å²) in [5.74, 6) is 0.674. The van der Waals surface area contributed by atoms with Crippen molar-refractivity contribution in [3.8, 4) is 0 Å². The van der Waals surface area contributed by atoms with Crippen LogP contribution in [0.2, 0.25) is 0 Å². The minimum Gasteiger partial charge on any atom is -0.0654 e. The van der Waals surface area contributed by atoms with Crippen LogP contribution in [0, 0.1) is 6.92 Å². The summed E-state index contributed by atoms with van der Waals surface area (Å²) in [4.78, 5) is 0. The smallest absolute Gasteiger partial charge is 0.0149 e. The molecule has 143 valence electrons. The van der Waals surface area contributed by atoms with Crippen LogP contribution in [0.3, 0.4) is 0 Å². The molecule has 0 heterocycles. The van der Waals surface area contributed by atoms with Crippen molar-refractivity contribution < 1.29 is 0 Å². The van der Waals surface area contributed by atoms with Crippen LogP contribution < -0.4 is 0 Å².